The van der Waals surface area contributed by atoms with Crippen molar-refractivity contribution < 1.29 is 9.59 Å². The van der Waals surface area contributed by atoms with Crippen LogP contribution >= 0.6 is 0 Å². The van der Waals surface area contributed by atoms with E-state index in [4.69, 9.17) is 0 Å². The van der Waals surface area contributed by atoms with Crippen molar-refractivity contribution in [2.75, 3.05) is 26.0 Å². The van der Waals surface area contributed by atoms with Crippen molar-refractivity contribution >= 4 is 17.5 Å². The lowest BCUT2D eigenvalue weighted by Crippen LogP contribution is -2.47. The summed E-state index contributed by atoms with van der Waals surface area (Å²) in [5.74, 6) is -0.301. The molecule has 1 aliphatic rings. The molecular formula is C17H22N4O2. The van der Waals surface area contributed by atoms with Gasteiger partial charge in [-0.2, -0.15) is 5.26 Å². The minimum absolute atomic E-state index is 0.0725. The highest BCUT2D eigenvalue weighted by molar-refractivity contribution is 5.95. The summed E-state index contributed by atoms with van der Waals surface area (Å²) in [4.78, 5) is 25.5. The zero-order valence-corrected chi connectivity index (χ0v) is 13.6. The number of hydrogen-bond acceptors (Lipinski definition) is 4. The van der Waals surface area contributed by atoms with E-state index >= 15 is 0 Å². The molecule has 1 saturated carbocycles. The molecule has 0 atom stereocenters. The molecule has 0 bridgehead atoms. The summed E-state index contributed by atoms with van der Waals surface area (Å²) < 4.78 is 0. The van der Waals surface area contributed by atoms with E-state index in [-0.39, 0.29) is 18.4 Å². The molecule has 6 heteroatoms. The van der Waals surface area contributed by atoms with Crippen molar-refractivity contribution in [3.63, 3.8) is 0 Å². The van der Waals surface area contributed by atoms with Gasteiger partial charge in [0.25, 0.3) is 5.91 Å². The number of nitrogens with zero attached hydrogens (tertiary/aromatic N) is 2. The summed E-state index contributed by atoms with van der Waals surface area (Å²) in [5.41, 5.74) is 0.552. The largest absolute Gasteiger partial charge is 0.376 e. The number of carbonyl (C=O) groups is 2. The summed E-state index contributed by atoms with van der Waals surface area (Å²) in [6.07, 6.45) is 3.36. The third kappa shape index (κ3) is 4.22. The van der Waals surface area contributed by atoms with Gasteiger partial charge in [-0.25, -0.2) is 0 Å². The van der Waals surface area contributed by atoms with Crippen molar-refractivity contribution in [2.45, 2.75) is 31.2 Å². The smallest absolute Gasteiger partial charge is 0.253 e. The van der Waals surface area contributed by atoms with E-state index in [1.165, 1.54) is 4.90 Å². The Morgan fingerprint density at radius 3 is 2.61 bits per heavy atom. The lowest BCUT2D eigenvalue weighted by atomic mass is 10.00. The first-order valence-corrected chi connectivity index (χ1v) is 7.74. The number of benzene rings is 1. The minimum atomic E-state index is -0.707. The summed E-state index contributed by atoms with van der Waals surface area (Å²) in [6, 6.07) is 9.25. The van der Waals surface area contributed by atoms with Crippen molar-refractivity contribution in [3.05, 3.63) is 29.8 Å². The first kappa shape index (κ1) is 16.8. The molecule has 0 unspecified atom stereocenters. The van der Waals surface area contributed by atoms with E-state index < -0.39 is 5.54 Å². The van der Waals surface area contributed by atoms with Crippen LogP contribution in [0, 0.1) is 11.3 Å². The molecule has 1 aliphatic carbocycles. The number of nitrogens with one attached hydrogen (secondary N) is 2. The molecule has 1 aromatic rings. The van der Waals surface area contributed by atoms with Crippen LogP contribution in [-0.4, -0.2) is 42.9 Å². The maximum Gasteiger partial charge on any atom is 0.253 e. The molecule has 23 heavy (non-hydrogen) atoms. The highest BCUT2D eigenvalue weighted by Crippen LogP contribution is 2.28. The molecule has 1 fully saturated rings. The van der Waals surface area contributed by atoms with E-state index in [1.807, 2.05) is 0 Å². The molecule has 122 valence electrons. The van der Waals surface area contributed by atoms with Crippen molar-refractivity contribution in [2.24, 2.45) is 0 Å². The van der Waals surface area contributed by atoms with Gasteiger partial charge in [0.15, 0.2) is 0 Å². The Morgan fingerprint density at radius 2 is 2.00 bits per heavy atom. The molecule has 0 radical (unpaired) electrons. The Kier molecular flexibility index (Phi) is 5.22. The van der Waals surface area contributed by atoms with E-state index in [0.29, 0.717) is 24.1 Å². The SMILES string of the molecule is CN(C)C(=O)c1cccc(NCC(=O)NC2(C#N)CCCC2)c1. The normalized spacial score (nSPS) is 15.5. The van der Waals surface area contributed by atoms with E-state index in [0.717, 1.165) is 12.8 Å². The fraction of sp³-hybridized carbons (Fsp3) is 0.471. The molecule has 2 N–H and O–H groups in total. The van der Waals surface area contributed by atoms with Crippen LogP contribution in [-0.2, 0) is 4.79 Å². The Balaban J connectivity index is 1.93. The maximum absolute atomic E-state index is 12.1. The van der Waals surface area contributed by atoms with Gasteiger partial charge >= 0.3 is 0 Å². The van der Waals surface area contributed by atoms with Crippen LogP contribution in [0.15, 0.2) is 24.3 Å². The van der Waals surface area contributed by atoms with Crippen LogP contribution in [0.5, 0.6) is 0 Å². The van der Waals surface area contributed by atoms with E-state index in [2.05, 4.69) is 16.7 Å². The first-order valence-electron chi connectivity index (χ1n) is 7.74. The van der Waals surface area contributed by atoms with Crippen LogP contribution in [0.3, 0.4) is 0 Å². The predicted octanol–water partition coefficient (Wildman–Crippen LogP) is 1.75. The monoisotopic (exact) mass is 314 g/mol. The highest BCUT2D eigenvalue weighted by atomic mass is 16.2. The topological polar surface area (TPSA) is 85.2 Å². The van der Waals surface area contributed by atoms with Crippen molar-refractivity contribution in [1.82, 2.24) is 10.2 Å². The van der Waals surface area contributed by atoms with Crippen LogP contribution in [0.1, 0.15) is 36.0 Å². The zero-order valence-electron chi connectivity index (χ0n) is 13.6. The lowest BCUT2D eigenvalue weighted by molar-refractivity contribution is -0.120. The fourth-order valence-corrected chi connectivity index (χ4v) is 2.76. The maximum atomic E-state index is 12.1. The first-order chi connectivity index (χ1) is 11.0. The molecule has 1 aromatic carbocycles. The predicted molar refractivity (Wildman–Crippen MR) is 87.9 cm³/mol. The van der Waals surface area contributed by atoms with Crippen molar-refractivity contribution in [3.8, 4) is 6.07 Å². The summed E-state index contributed by atoms with van der Waals surface area (Å²) in [5, 5.41) is 15.1. The van der Waals surface area contributed by atoms with Gasteiger partial charge in [-0.1, -0.05) is 6.07 Å². The molecule has 2 rings (SSSR count). The quantitative estimate of drug-likeness (QED) is 0.867. The molecule has 0 saturated heterocycles. The average molecular weight is 314 g/mol. The summed E-state index contributed by atoms with van der Waals surface area (Å²) >= 11 is 0. The molecule has 0 aliphatic heterocycles. The summed E-state index contributed by atoms with van der Waals surface area (Å²) in [7, 11) is 3.39. The lowest BCUT2D eigenvalue weighted by Gasteiger charge is -2.22. The molecule has 2 amide bonds. The number of amides is 2. The third-order valence-corrected chi connectivity index (χ3v) is 4.02. The van der Waals surface area contributed by atoms with E-state index in [1.54, 1.807) is 38.4 Å². The van der Waals surface area contributed by atoms with E-state index in [9.17, 15) is 14.9 Å². The van der Waals surface area contributed by atoms with Gasteiger partial charge in [0.05, 0.1) is 12.6 Å². The van der Waals surface area contributed by atoms with Crippen molar-refractivity contribution in [1.29, 1.82) is 5.26 Å². The molecule has 6 nitrogen and oxygen atoms in total. The fourth-order valence-electron chi connectivity index (χ4n) is 2.76. The Hall–Kier alpha value is -2.55. The van der Waals surface area contributed by atoms with Crippen LogP contribution in [0.2, 0.25) is 0 Å². The number of rotatable bonds is 5. The zero-order chi connectivity index (χ0) is 16.9. The molecular weight excluding hydrogens is 292 g/mol. The molecule has 0 heterocycles. The second-order valence-corrected chi connectivity index (χ2v) is 6.08. The number of hydrogen-bond donors (Lipinski definition) is 2. The molecule has 0 spiro atoms. The second-order valence-electron chi connectivity index (χ2n) is 6.08. The van der Waals surface area contributed by atoms with Gasteiger partial charge in [-0.3, -0.25) is 9.59 Å². The van der Waals surface area contributed by atoms with Gasteiger partial charge in [-0.05, 0) is 43.9 Å². The van der Waals surface area contributed by atoms with Gasteiger partial charge in [0.2, 0.25) is 5.91 Å². The van der Waals surface area contributed by atoms with Crippen LogP contribution < -0.4 is 10.6 Å². The standard InChI is InChI=1S/C17H22N4O2/c1-21(2)16(23)13-6-5-7-14(10-13)19-11-15(22)20-17(12-18)8-3-4-9-17/h5-7,10,19H,3-4,8-9,11H2,1-2H3,(H,20,22). The molecule has 0 aromatic heterocycles. The van der Waals surface area contributed by atoms with Gasteiger partial charge < -0.3 is 15.5 Å². The third-order valence-electron chi connectivity index (χ3n) is 4.02. The van der Waals surface area contributed by atoms with Gasteiger partial charge in [0, 0.05) is 25.3 Å². The Bertz CT molecular complexity index is 628. The Morgan fingerprint density at radius 1 is 1.30 bits per heavy atom. The van der Waals surface area contributed by atoms with Gasteiger partial charge in [-0.15, -0.1) is 0 Å². The average Bonchev–Trinajstić information content (AvgIpc) is 3.01. The Labute approximate surface area is 136 Å². The minimum Gasteiger partial charge on any atom is -0.376 e. The number of carbonyl (C=O) groups excluding carboxylic acids is 2. The van der Waals surface area contributed by atoms with Crippen LogP contribution in [0.4, 0.5) is 5.69 Å². The second kappa shape index (κ2) is 7.14. The number of nitriles is 1. The number of anilines is 1. The van der Waals surface area contributed by atoms with Gasteiger partial charge in [0.1, 0.15) is 5.54 Å². The summed E-state index contributed by atoms with van der Waals surface area (Å²) in [6.45, 7) is 0.0725. The van der Waals surface area contributed by atoms with Crippen LogP contribution in [0.25, 0.3) is 0 Å². The highest BCUT2D eigenvalue weighted by Gasteiger charge is 2.35.